The molecule has 3 aromatic carbocycles. The SMILES string of the molecule is COc1cccc(C2Nc3ccccc3N=C3CC(c4ccc(C)cc4)CC(=O)C32)c1. The third-order valence-corrected chi connectivity index (χ3v) is 6.42. The number of ketones is 1. The van der Waals surface area contributed by atoms with E-state index in [0.29, 0.717) is 6.42 Å². The Labute approximate surface area is 183 Å². The van der Waals surface area contributed by atoms with Crippen LogP contribution < -0.4 is 10.1 Å². The lowest BCUT2D eigenvalue weighted by atomic mass is 9.72. The van der Waals surface area contributed by atoms with Crippen molar-refractivity contribution in [3.05, 3.63) is 89.5 Å². The number of carbonyl (C=O) groups excluding carboxylic acids is 1. The number of Topliss-reactive ketones (excluding diaryl/α,β-unsaturated/α-hetero) is 1. The van der Waals surface area contributed by atoms with Gasteiger partial charge in [0.15, 0.2) is 0 Å². The molecule has 0 amide bonds. The van der Waals surface area contributed by atoms with Gasteiger partial charge in [-0.05, 0) is 54.7 Å². The molecule has 1 fully saturated rings. The number of anilines is 1. The summed E-state index contributed by atoms with van der Waals surface area (Å²) in [6.07, 6.45) is 1.32. The van der Waals surface area contributed by atoms with Crippen LogP contribution in [0.3, 0.4) is 0 Å². The van der Waals surface area contributed by atoms with Crippen molar-refractivity contribution in [3.8, 4) is 5.75 Å². The Hall–Kier alpha value is -3.40. The molecule has 0 spiro atoms. The van der Waals surface area contributed by atoms with Gasteiger partial charge in [-0.2, -0.15) is 0 Å². The third kappa shape index (κ3) is 3.74. The Morgan fingerprint density at radius 3 is 2.55 bits per heavy atom. The number of methoxy groups -OCH3 is 1. The molecule has 31 heavy (non-hydrogen) atoms. The molecule has 3 atom stereocenters. The molecule has 0 bridgehead atoms. The first-order valence-corrected chi connectivity index (χ1v) is 10.8. The molecule has 1 saturated carbocycles. The molecule has 5 rings (SSSR count). The fraction of sp³-hybridized carbons (Fsp3) is 0.259. The van der Waals surface area contributed by atoms with Crippen molar-refractivity contribution in [3.63, 3.8) is 0 Å². The zero-order chi connectivity index (χ0) is 21.4. The summed E-state index contributed by atoms with van der Waals surface area (Å²) in [5, 5.41) is 3.63. The third-order valence-electron chi connectivity index (χ3n) is 6.42. The van der Waals surface area contributed by atoms with Crippen LogP contribution in [0.25, 0.3) is 0 Å². The number of aliphatic imine (C=N–C) groups is 1. The van der Waals surface area contributed by atoms with Crippen LogP contribution >= 0.6 is 0 Å². The van der Waals surface area contributed by atoms with Gasteiger partial charge >= 0.3 is 0 Å². The van der Waals surface area contributed by atoms with Crippen molar-refractivity contribution < 1.29 is 9.53 Å². The normalized spacial score (nSPS) is 22.5. The maximum atomic E-state index is 13.6. The lowest BCUT2D eigenvalue weighted by Crippen LogP contribution is -2.38. The number of aryl methyl sites for hydroxylation is 1. The predicted molar refractivity (Wildman–Crippen MR) is 125 cm³/mol. The topological polar surface area (TPSA) is 50.7 Å². The molecule has 1 N–H and O–H groups in total. The molecule has 1 heterocycles. The molecule has 2 aliphatic rings. The highest BCUT2D eigenvalue weighted by Gasteiger charge is 2.41. The van der Waals surface area contributed by atoms with Crippen LogP contribution in [0.15, 0.2) is 77.8 Å². The monoisotopic (exact) mass is 410 g/mol. The molecular weight excluding hydrogens is 384 g/mol. The number of rotatable bonds is 3. The van der Waals surface area contributed by atoms with Gasteiger partial charge in [-0.15, -0.1) is 0 Å². The second kappa shape index (κ2) is 8.03. The molecule has 1 aliphatic carbocycles. The smallest absolute Gasteiger partial charge is 0.144 e. The van der Waals surface area contributed by atoms with Crippen LogP contribution in [0.1, 0.15) is 41.5 Å². The summed E-state index contributed by atoms with van der Waals surface area (Å²) in [6.45, 7) is 2.09. The first kappa shape index (κ1) is 19.6. The zero-order valence-electron chi connectivity index (χ0n) is 17.8. The van der Waals surface area contributed by atoms with E-state index in [1.54, 1.807) is 7.11 Å². The fourth-order valence-corrected chi connectivity index (χ4v) is 4.78. The van der Waals surface area contributed by atoms with Gasteiger partial charge in [0.2, 0.25) is 0 Å². The van der Waals surface area contributed by atoms with Crippen LogP contribution in [0.5, 0.6) is 5.75 Å². The zero-order valence-corrected chi connectivity index (χ0v) is 17.8. The summed E-state index contributed by atoms with van der Waals surface area (Å²) in [5.74, 6) is 0.903. The number of nitrogens with one attached hydrogen (secondary N) is 1. The number of hydrogen-bond donors (Lipinski definition) is 1. The van der Waals surface area contributed by atoms with Gasteiger partial charge in [-0.1, -0.05) is 54.1 Å². The number of nitrogens with zero attached hydrogens (tertiary/aromatic N) is 1. The minimum atomic E-state index is -0.291. The first-order valence-electron chi connectivity index (χ1n) is 10.8. The van der Waals surface area contributed by atoms with Gasteiger partial charge in [0.25, 0.3) is 0 Å². The number of hydrogen-bond acceptors (Lipinski definition) is 4. The highest BCUT2D eigenvalue weighted by atomic mass is 16.5. The molecule has 3 aromatic rings. The second-order valence-corrected chi connectivity index (χ2v) is 8.48. The first-order chi connectivity index (χ1) is 15.1. The molecule has 156 valence electrons. The number of benzene rings is 3. The van der Waals surface area contributed by atoms with E-state index in [-0.39, 0.29) is 23.7 Å². The Morgan fingerprint density at radius 2 is 1.74 bits per heavy atom. The molecule has 0 radical (unpaired) electrons. The number of fused-ring (bicyclic) bond motifs is 2. The number of ether oxygens (including phenoxy) is 1. The van der Waals surface area contributed by atoms with Crippen LogP contribution in [-0.4, -0.2) is 18.6 Å². The second-order valence-electron chi connectivity index (χ2n) is 8.48. The van der Waals surface area contributed by atoms with Crippen molar-refractivity contribution in [2.75, 3.05) is 12.4 Å². The summed E-state index contributed by atoms with van der Waals surface area (Å²) in [7, 11) is 1.67. The summed E-state index contributed by atoms with van der Waals surface area (Å²) < 4.78 is 5.45. The maximum absolute atomic E-state index is 13.6. The molecular formula is C27H26N2O2. The van der Waals surface area contributed by atoms with Gasteiger partial charge in [-0.25, -0.2) is 0 Å². The van der Waals surface area contributed by atoms with Crippen LogP contribution in [0.2, 0.25) is 0 Å². The van der Waals surface area contributed by atoms with E-state index in [1.165, 1.54) is 11.1 Å². The Kier molecular flexibility index (Phi) is 5.06. The summed E-state index contributed by atoms with van der Waals surface area (Å²) in [4.78, 5) is 18.6. The van der Waals surface area contributed by atoms with Gasteiger partial charge in [0, 0.05) is 12.1 Å². The fourth-order valence-electron chi connectivity index (χ4n) is 4.78. The van der Waals surface area contributed by atoms with E-state index in [4.69, 9.17) is 9.73 Å². The van der Waals surface area contributed by atoms with Gasteiger partial charge in [0.1, 0.15) is 11.5 Å². The number of carbonyl (C=O) groups is 1. The summed E-state index contributed by atoms with van der Waals surface area (Å²) in [6, 6.07) is 24.4. The minimum absolute atomic E-state index is 0.166. The van der Waals surface area contributed by atoms with Crippen molar-refractivity contribution in [1.82, 2.24) is 0 Å². The van der Waals surface area contributed by atoms with Crippen molar-refractivity contribution >= 4 is 22.9 Å². The van der Waals surface area contributed by atoms with Crippen molar-refractivity contribution in [1.29, 1.82) is 0 Å². The average molecular weight is 411 g/mol. The molecule has 4 nitrogen and oxygen atoms in total. The van der Waals surface area contributed by atoms with E-state index in [2.05, 4.69) is 42.6 Å². The lowest BCUT2D eigenvalue weighted by Gasteiger charge is -2.34. The molecule has 0 aromatic heterocycles. The molecule has 0 saturated heterocycles. The molecule has 4 heteroatoms. The average Bonchev–Trinajstić information content (AvgIpc) is 2.96. The van der Waals surface area contributed by atoms with Crippen molar-refractivity contribution in [2.24, 2.45) is 10.9 Å². The largest absolute Gasteiger partial charge is 0.497 e. The van der Waals surface area contributed by atoms with Crippen LogP contribution in [0.4, 0.5) is 11.4 Å². The Bertz CT molecular complexity index is 1150. The Balaban J connectivity index is 1.58. The van der Waals surface area contributed by atoms with Gasteiger partial charge in [0.05, 0.1) is 30.4 Å². The summed E-state index contributed by atoms with van der Waals surface area (Å²) in [5.41, 5.74) is 6.29. The quantitative estimate of drug-likeness (QED) is 0.576. The standard InChI is InChI=1S/C27H26N2O2/c1-17-10-12-18(13-11-17)20-15-24-26(25(30)16-20)27(19-6-5-7-21(14-19)31-2)29-23-9-4-3-8-22(23)28-24/h3-14,20,26-27,29H,15-16H2,1-2H3. The highest BCUT2D eigenvalue weighted by Crippen LogP contribution is 2.44. The van der Waals surface area contributed by atoms with E-state index in [0.717, 1.165) is 34.8 Å². The van der Waals surface area contributed by atoms with Gasteiger partial charge < -0.3 is 10.1 Å². The van der Waals surface area contributed by atoms with E-state index in [9.17, 15) is 4.79 Å². The van der Waals surface area contributed by atoms with Crippen LogP contribution in [-0.2, 0) is 4.79 Å². The lowest BCUT2D eigenvalue weighted by molar-refractivity contribution is -0.122. The Morgan fingerprint density at radius 1 is 0.935 bits per heavy atom. The highest BCUT2D eigenvalue weighted by molar-refractivity contribution is 6.10. The summed E-state index contributed by atoms with van der Waals surface area (Å²) >= 11 is 0. The molecule has 1 aliphatic heterocycles. The van der Waals surface area contributed by atoms with E-state index in [1.807, 2.05) is 42.5 Å². The maximum Gasteiger partial charge on any atom is 0.144 e. The number of para-hydroxylation sites is 2. The van der Waals surface area contributed by atoms with Crippen LogP contribution in [0, 0.1) is 12.8 Å². The van der Waals surface area contributed by atoms with Crippen molar-refractivity contribution in [2.45, 2.75) is 31.7 Å². The van der Waals surface area contributed by atoms with E-state index >= 15 is 0 Å². The van der Waals surface area contributed by atoms with Gasteiger partial charge in [-0.3, -0.25) is 9.79 Å². The minimum Gasteiger partial charge on any atom is -0.497 e. The predicted octanol–water partition coefficient (Wildman–Crippen LogP) is 6.01. The van der Waals surface area contributed by atoms with E-state index < -0.39 is 0 Å². The molecule has 3 unspecified atom stereocenters.